The van der Waals surface area contributed by atoms with Crippen molar-refractivity contribution in [2.24, 2.45) is 0 Å². The van der Waals surface area contributed by atoms with Crippen molar-refractivity contribution in [3.63, 3.8) is 0 Å². The number of aromatic nitrogens is 4. The van der Waals surface area contributed by atoms with Gasteiger partial charge in [0.2, 0.25) is 0 Å². The van der Waals surface area contributed by atoms with Gasteiger partial charge in [0, 0.05) is 25.0 Å². The largest absolute Gasteiger partial charge is 0.327 e. The van der Waals surface area contributed by atoms with Crippen LogP contribution >= 0.6 is 0 Å². The lowest BCUT2D eigenvalue weighted by Gasteiger charge is -2.06. The maximum atomic E-state index is 4.68. The number of benzene rings is 1. The molecule has 3 rings (SSSR count). The van der Waals surface area contributed by atoms with Crippen LogP contribution in [0.1, 0.15) is 18.4 Å². The highest BCUT2D eigenvalue weighted by atomic mass is 15.1. The number of rotatable bonds is 5. The minimum atomic E-state index is 0.752. The summed E-state index contributed by atoms with van der Waals surface area (Å²) >= 11 is 0. The topological polar surface area (TPSA) is 58.5 Å². The highest BCUT2D eigenvalue weighted by Crippen LogP contribution is 2.15. The van der Waals surface area contributed by atoms with Crippen molar-refractivity contribution in [2.45, 2.75) is 26.6 Å². The Hall–Kier alpha value is -2.14. The van der Waals surface area contributed by atoms with Crippen LogP contribution in [0.4, 0.5) is 0 Å². The van der Waals surface area contributed by atoms with E-state index in [2.05, 4.69) is 50.2 Å². The summed E-state index contributed by atoms with van der Waals surface area (Å²) in [5, 5.41) is 10.3. The van der Waals surface area contributed by atoms with E-state index >= 15 is 0 Å². The first-order valence-electron chi connectivity index (χ1n) is 6.51. The Morgan fingerprint density at radius 2 is 2.11 bits per heavy atom. The lowest BCUT2D eigenvalue weighted by molar-refractivity contribution is 0.613. The molecule has 0 unspecified atom stereocenters. The molecule has 0 radical (unpaired) electrons. The zero-order valence-corrected chi connectivity index (χ0v) is 10.9. The second-order valence-corrected chi connectivity index (χ2v) is 4.45. The van der Waals surface area contributed by atoms with Crippen LogP contribution in [0.2, 0.25) is 0 Å². The number of nitrogens with one attached hydrogen (secondary N) is 2. The zero-order valence-electron chi connectivity index (χ0n) is 10.9. The normalized spacial score (nSPS) is 11.2. The fourth-order valence-electron chi connectivity index (χ4n) is 2.31. The number of imidazole rings is 1. The molecule has 0 aliphatic carbocycles. The second-order valence-electron chi connectivity index (χ2n) is 4.45. The van der Waals surface area contributed by atoms with Crippen molar-refractivity contribution in [2.75, 3.05) is 0 Å². The van der Waals surface area contributed by atoms with Gasteiger partial charge in [-0.2, -0.15) is 5.10 Å². The molecule has 0 atom stereocenters. The third kappa shape index (κ3) is 2.37. The van der Waals surface area contributed by atoms with Crippen LogP contribution in [-0.2, 0) is 19.6 Å². The van der Waals surface area contributed by atoms with Crippen LogP contribution in [0.15, 0.2) is 36.5 Å². The van der Waals surface area contributed by atoms with E-state index in [1.807, 2.05) is 12.1 Å². The van der Waals surface area contributed by atoms with Crippen molar-refractivity contribution < 1.29 is 0 Å². The molecule has 0 bridgehead atoms. The summed E-state index contributed by atoms with van der Waals surface area (Å²) in [6, 6.07) is 10.2. The maximum absolute atomic E-state index is 4.68. The van der Waals surface area contributed by atoms with Crippen molar-refractivity contribution in [3.05, 3.63) is 48.0 Å². The van der Waals surface area contributed by atoms with Crippen LogP contribution in [0.3, 0.4) is 0 Å². The molecule has 0 fully saturated rings. The first kappa shape index (κ1) is 11.9. The number of nitrogens with zero attached hydrogens (tertiary/aromatic N) is 3. The Kier molecular flexibility index (Phi) is 3.29. The first-order chi connectivity index (χ1) is 9.38. The van der Waals surface area contributed by atoms with Gasteiger partial charge in [0.25, 0.3) is 0 Å². The Labute approximate surface area is 111 Å². The molecule has 2 heterocycles. The number of fused-ring (bicyclic) bond motifs is 1. The van der Waals surface area contributed by atoms with Gasteiger partial charge in [-0.3, -0.25) is 5.10 Å². The van der Waals surface area contributed by atoms with Gasteiger partial charge in [0.05, 0.1) is 17.6 Å². The fraction of sp³-hybridized carbons (Fsp3) is 0.286. The lowest BCUT2D eigenvalue weighted by atomic mass is 10.3. The van der Waals surface area contributed by atoms with Crippen molar-refractivity contribution in [1.29, 1.82) is 0 Å². The van der Waals surface area contributed by atoms with E-state index in [4.69, 9.17) is 0 Å². The standard InChI is InChI=1S/C14H17N5/c1-2-19-13-6-4-3-5-12(13)17-14(19)10-15-9-11-7-8-16-18-11/h3-8,15H,2,9-10H2,1H3,(H,16,18). The second kappa shape index (κ2) is 5.24. The van der Waals surface area contributed by atoms with Crippen LogP contribution in [-0.4, -0.2) is 19.7 Å². The van der Waals surface area contributed by atoms with E-state index in [0.717, 1.165) is 36.7 Å². The first-order valence-corrected chi connectivity index (χ1v) is 6.51. The molecule has 0 aliphatic heterocycles. The van der Waals surface area contributed by atoms with Gasteiger partial charge in [0.1, 0.15) is 5.82 Å². The Morgan fingerprint density at radius 1 is 1.21 bits per heavy atom. The van der Waals surface area contributed by atoms with Gasteiger partial charge in [0.15, 0.2) is 0 Å². The predicted molar refractivity (Wildman–Crippen MR) is 74.5 cm³/mol. The van der Waals surface area contributed by atoms with E-state index in [-0.39, 0.29) is 0 Å². The quantitative estimate of drug-likeness (QED) is 0.733. The van der Waals surface area contributed by atoms with Crippen molar-refractivity contribution >= 4 is 11.0 Å². The number of hydrogen-bond donors (Lipinski definition) is 2. The van der Waals surface area contributed by atoms with Gasteiger partial charge in [-0.15, -0.1) is 0 Å². The summed E-state index contributed by atoms with van der Waals surface area (Å²) in [6.45, 7) is 4.60. The minimum absolute atomic E-state index is 0.752. The minimum Gasteiger partial charge on any atom is -0.327 e. The van der Waals surface area contributed by atoms with E-state index in [0.29, 0.717) is 0 Å². The van der Waals surface area contributed by atoms with Crippen LogP contribution in [0, 0.1) is 0 Å². The van der Waals surface area contributed by atoms with Gasteiger partial charge in [-0.1, -0.05) is 12.1 Å². The van der Waals surface area contributed by atoms with E-state index in [1.165, 1.54) is 5.52 Å². The maximum Gasteiger partial charge on any atom is 0.123 e. The summed E-state index contributed by atoms with van der Waals surface area (Å²) in [5.74, 6) is 1.07. The van der Waals surface area contributed by atoms with E-state index < -0.39 is 0 Å². The molecule has 0 amide bonds. The van der Waals surface area contributed by atoms with Gasteiger partial charge < -0.3 is 9.88 Å². The van der Waals surface area contributed by atoms with Gasteiger partial charge in [-0.05, 0) is 25.1 Å². The van der Waals surface area contributed by atoms with Crippen LogP contribution in [0.25, 0.3) is 11.0 Å². The molecule has 2 N–H and O–H groups in total. The molecule has 19 heavy (non-hydrogen) atoms. The number of para-hydroxylation sites is 2. The Morgan fingerprint density at radius 3 is 2.89 bits per heavy atom. The number of aryl methyl sites for hydroxylation is 1. The number of H-pyrrole nitrogens is 1. The molecule has 5 heteroatoms. The molecule has 3 aromatic rings. The van der Waals surface area contributed by atoms with Crippen LogP contribution in [0.5, 0.6) is 0 Å². The molecule has 0 spiro atoms. The Bertz CT molecular complexity index is 654. The third-order valence-corrected chi connectivity index (χ3v) is 3.21. The van der Waals surface area contributed by atoms with Gasteiger partial charge in [-0.25, -0.2) is 4.98 Å². The zero-order chi connectivity index (χ0) is 13.1. The molecule has 1 aromatic carbocycles. The van der Waals surface area contributed by atoms with Gasteiger partial charge >= 0.3 is 0 Å². The average Bonchev–Trinajstić information content (AvgIpc) is 3.05. The van der Waals surface area contributed by atoms with Crippen molar-refractivity contribution in [3.8, 4) is 0 Å². The average molecular weight is 255 g/mol. The smallest absolute Gasteiger partial charge is 0.123 e. The van der Waals surface area contributed by atoms with E-state index in [9.17, 15) is 0 Å². The highest BCUT2D eigenvalue weighted by molar-refractivity contribution is 5.75. The summed E-state index contributed by atoms with van der Waals surface area (Å²) in [5.41, 5.74) is 3.34. The predicted octanol–water partition coefficient (Wildman–Crippen LogP) is 2.07. The monoisotopic (exact) mass is 255 g/mol. The third-order valence-electron chi connectivity index (χ3n) is 3.21. The van der Waals surface area contributed by atoms with Crippen molar-refractivity contribution in [1.82, 2.24) is 25.1 Å². The van der Waals surface area contributed by atoms with E-state index in [1.54, 1.807) is 6.20 Å². The summed E-state index contributed by atoms with van der Waals surface area (Å²) in [7, 11) is 0. The molecular formula is C14H17N5. The number of hydrogen-bond acceptors (Lipinski definition) is 3. The highest BCUT2D eigenvalue weighted by Gasteiger charge is 2.08. The molecule has 0 saturated carbocycles. The molecule has 98 valence electrons. The molecule has 0 aliphatic rings. The van der Waals surface area contributed by atoms with Crippen LogP contribution < -0.4 is 5.32 Å². The molecule has 0 saturated heterocycles. The molecule has 2 aromatic heterocycles. The Balaban J connectivity index is 1.76. The summed E-state index contributed by atoms with van der Waals surface area (Å²) in [4.78, 5) is 4.68. The lowest BCUT2D eigenvalue weighted by Crippen LogP contribution is -2.16. The molecule has 5 nitrogen and oxygen atoms in total. The summed E-state index contributed by atoms with van der Waals surface area (Å²) < 4.78 is 2.25. The summed E-state index contributed by atoms with van der Waals surface area (Å²) in [6.07, 6.45) is 1.76. The number of aromatic amines is 1. The SMILES string of the molecule is CCn1c(CNCc2ccn[nH]2)nc2ccccc21. The fourth-order valence-corrected chi connectivity index (χ4v) is 2.31. The molecular weight excluding hydrogens is 238 g/mol.